The first kappa shape index (κ1) is 9.85. The minimum Gasteiger partial charge on any atom is -0.399 e. The van der Waals surface area contributed by atoms with E-state index in [1.807, 2.05) is 12.1 Å². The van der Waals surface area contributed by atoms with Gasteiger partial charge < -0.3 is 5.73 Å². The molecule has 0 amide bonds. The number of hydrogen-bond donors (Lipinski definition) is 1. The van der Waals surface area contributed by atoms with Crippen LogP contribution < -0.4 is 5.73 Å². The van der Waals surface area contributed by atoms with E-state index in [-0.39, 0.29) is 0 Å². The lowest BCUT2D eigenvalue weighted by Gasteiger charge is -2.05. The van der Waals surface area contributed by atoms with Crippen LogP contribution in [0.3, 0.4) is 0 Å². The third kappa shape index (κ3) is 2.94. The van der Waals surface area contributed by atoms with Crippen LogP contribution in [0, 0.1) is 5.92 Å². The Hall–Kier alpha value is -1.24. The molecule has 0 aliphatic rings. The molecule has 0 aliphatic carbocycles. The Morgan fingerprint density at radius 2 is 1.85 bits per heavy atom. The zero-order valence-corrected chi connectivity index (χ0v) is 8.38. The Kier molecular flexibility index (Phi) is 3.13. The van der Waals surface area contributed by atoms with Crippen molar-refractivity contribution in [2.45, 2.75) is 20.3 Å². The zero-order valence-electron chi connectivity index (χ0n) is 8.38. The quantitative estimate of drug-likeness (QED) is 0.751. The minimum atomic E-state index is 0.635. The summed E-state index contributed by atoms with van der Waals surface area (Å²) in [5, 5.41) is 0. The summed E-state index contributed by atoms with van der Waals surface area (Å²) in [4.78, 5) is 0. The van der Waals surface area contributed by atoms with Gasteiger partial charge in [0, 0.05) is 5.70 Å². The maximum Gasteiger partial charge on any atom is 0.0314 e. The molecule has 1 nitrogen and oxygen atoms in total. The van der Waals surface area contributed by atoms with Gasteiger partial charge in [-0.2, -0.15) is 0 Å². The molecule has 0 heterocycles. The second-order valence-corrected chi connectivity index (χ2v) is 3.82. The molecular formula is C12H17N. The molecular weight excluding hydrogens is 158 g/mol. The molecule has 0 spiro atoms. The third-order valence-electron chi connectivity index (χ3n) is 1.97. The average Bonchev–Trinajstić information content (AvgIpc) is 2.04. The van der Waals surface area contributed by atoms with Crippen LogP contribution in [-0.4, -0.2) is 0 Å². The first-order valence-corrected chi connectivity index (χ1v) is 4.63. The van der Waals surface area contributed by atoms with E-state index in [1.54, 1.807) is 0 Å². The molecule has 70 valence electrons. The standard InChI is InChI=1S/C12H17N/c1-9(2)8-11-4-6-12(7-5-11)10(3)13/h4-7,9H,3,8,13H2,1-2H3. The van der Waals surface area contributed by atoms with Crippen LogP contribution >= 0.6 is 0 Å². The molecule has 13 heavy (non-hydrogen) atoms. The van der Waals surface area contributed by atoms with E-state index in [0.717, 1.165) is 12.0 Å². The molecule has 0 fully saturated rings. The van der Waals surface area contributed by atoms with Crippen LogP contribution in [0.5, 0.6) is 0 Å². The highest BCUT2D eigenvalue weighted by molar-refractivity contribution is 5.60. The number of nitrogens with two attached hydrogens (primary N) is 1. The van der Waals surface area contributed by atoms with Gasteiger partial charge in [-0.15, -0.1) is 0 Å². The van der Waals surface area contributed by atoms with E-state index in [0.29, 0.717) is 11.6 Å². The van der Waals surface area contributed by atoms with Gasteiger partial charge in [0.25, 0.3) is 0 Å². The van der Waals surface area contributed by atoms with Gasteiger partial charge in [-0.25, -0.2) is 0 Å². The molecule has 1 rings (SSSR count). The molecule has 0 saturated heterocycles. The fourth-order valence-corrected chi connectivity index (χ4v) is 1.33. The maximum absolute atomic E-state index is 5.57. The first-order valence-electron chi connectivity index (χ1n) is 4.63. The van der Waals surface area contributed by atoms with Crippen LogP contribution in [0.25, 0.3) is 5.70 Å². The average molecular weight is 175 g/mol. The Bertz CT molecular complexity index is 282. The van der Waals surface area contributed by atoms with Gasteiger partial charge in [0.1, 0.15) is 0 Å². The van der Waals surface area contributed by atoms with E-state index in [1.165, 1.54) is 5.56 Å². The summed E-state index contributed by atoms with van der Waals surface area (Å²) in [6, 6.07) is 8.29. The summed E-state index contributed by atoms with van der Waals surface area (Å²) in [5.41, 5.74) is 8.59. The SMILES string of the molecule is C=C(N)c1ccc(CC(C)C)cc1. The van der Waals surface area contributed by atoms with Gasteiger partial charge in [0.15, 0.2) is 0 Å². The number of benzene rings is 1. The van der Waals surface area contributed by atoms with Crippen molar-refractivity contribution >= 4 is 5.70 Å². The van der Waals surface area contributed by atoms with Gasteiger partial charge in [0.2, 0.25) is 0 Å². The highest BCUT2D eigenvalue weighted by Gasteiger charge is 1.98. The monoisotopic (exact) mass is 175 g/mol. The summed E-state index contributed by atoms with van der Waals surface area (Å²) in [6.45, 7) is 8.13. The zero-order chi connectivity index (χ0) is 9.84. The highest BCUT2D eigenvalue weighted by Crippen LogP contribution is 2.12. The lowest BCUT2D eigenvalue weighted by atomic mass is 10.0. The Morgan fingerprint density at radius 1 is 1.31 bits per heavy atom. The number of hydrogen-bond acceptors (Lipinski definition) is 1. The fraction of sp³-hybridized carbons (Fsp3) is 0.333. The Balaban J connectivity index is 2.75. The smallest absolute Gasteiger partial charge is 0.0314 e. The molecule has 0 saturated carbocycles. The van der Waals surface area contributed by atoms with E-state index in [9.17, 15) is 0 Å². The van der Waals surface area contributed by atoms with Gasteiger partial charge in [-0.3, -0.25) is 0 Å². The summed E-state index contributed by atoms with van der Waals surface area (Å²) < 4.78 is 0. The van der Waals surface area contributed by atoms with Crippen molar-refractivity contribution in [3.05, 3.63) is 42.0 Å². The number of rotatable bonds is 3. The molecule has 2 N–H and O–H groups in total. The van der Waals surface area contributed by atoms with Crippen LogP contribution in [0.1, 0.15) is 25.0 Å². The molecule has 0 aromatic heterocycles. The topological polar surface area (TPSA) is 26.0 Å². The first-order chi connectivity index (χ1) is 6.09. The van der Waals surface area contributed by atoms with E-state index in [4.69, 9.17) is 5.73 Å². The largest absolute Gasteiger partial charge is 0.399 e. The molecule has 0 unspecified atom stereocenters. The van der Waals surface area contributed by atoms with Crippen molar-refractivity contribution in [3.63, 3.8) is 0 Å². The van der Waals surface area contributed by atoms with Crippen molar-refractivity contribution in [2.24, 2.45) is 11.7 Å². The second-order valence-electron chi connectivity index (χ2n) is 3.82. The predicted octanol–water partition coefficient (Wildman–Crippen LogP) is 2.81. The second kappa shape index (κ2) is 4.13. The van der Waals surface area contributed by atoms with E-state index in [2.05, 4.69) is 32.6 Å². The van der Waals surface area contributed by atoms with Gasteiger partial charge >= 0.3 is 0 Å². The molecule has 1 aromatic carbocycles. The summed E-state index contributed by atoms with van der Waals surface area (Å²) >= 11 is 0. The van der Waals surface area contributed by atoms with Crippen molar-refractivity contribution in [2.75, 3.05) is 0 Å². The summed E-state index contributed by atoms with van der Waals surface area (Å²) in [5.74, 6) is 0.701. The van der Waals surface area contributed by atoms with Crippen molar-refractivity contribution in [1.82, 2.24) is 0 Å². The molecule has 0 radical (unpaired) electrons. The van der Waals surface area contributed by atoms with Gasteiger partial charge in [0.05, 0.1) is 0 Å². The fourth-order valence-electron chi connectivity index (χ4n) is 1.33. The van der Waals surface area contributed by atoms with Crippen molar-refractivity contribution in [3.8, 4) is 0 Å². The maximum atomic E-state index is 5.57. The van der Waals surface area contributed by atoms with E-state index >= 15 is 0 Å². The Labute approximate surface area is 80.3 Å². The molecule has 1 heteroatoms. The van der Waals surface area contributed by atoms with Crippen molar-refractivity contribution in [1.29, 1.82) is 0 Å². The molecule has 0 atom stereocenters. The molecule has 0 bridgehead atoms. The molecule has 0 aliphatic heterocycles. The van der Waals surface area contributed by atoms with Gasteiger partial charge in [-0.1, -0.05) is 44.7 Å². The van der Waals surface area contributed by atoms with Gasteiger partial charge in [-0.05, 0) is 23.5 Å². The van der Waals surface area contributed by atoms with Crippen LogP contribution in [0.2, 0.25) is 0 Å². The highest BCUT2D eigenvalue weighted by atomic mass is 14.6. The summed E-state index contributed by atoms with van der Waals surface area (Å²) in [6.07, 6.45) is 1.12. The Morgan fingerprint density at radius 3 is 2.23 bits per heavy atom. The van der Waals surface area contributed by atoms with Crippen LogP contribution in [-0.2, 0) is 6.42 Å². The lowest BCUT2D eigenvalue weighted by Crippen LogP contribution is -1.96. The minimum absolute atomic E-state index is 0.635. The van der Waals surface area contributed by atoms with E-state index < -0.39 is 0 Å². The van der Waals surface area contributed by atoms with Crippen LogP contribution in [0.15, 0.2) is 30.8 Å². The summed E-state index contributed by atoms with van der Waals surface area (Å²) in [7, 11) is 0. The molecule has 1 aromatic rings. The van der Waals surface area contributed by atoms with Crippen LogP contribution in [0.4, 0.5) is 0 Å². The lowest BCUT2D eigenvalue weighted by molar-refractivity contribution is 0.647. The predicted molar refractivity (Wildman–Crippen MR) is 58.2 cm³/mol. The third-order valence-corrected chi connectivity index (χ3v) is 1.97. The van der Waals surface area contributed by atoms with Crippen molar-refractivity contribution < 1.29 is 0 Å². The normalized spacial score (nSPS) is 10.4.